The van der Waals surface area contributed by atoms with Crippen molar-refractivity contribution in [3.8, 4) is 0 Å². The number of nitrogens with one attached hydrogen (secondary N) is 1. The first-order valence-corrected chi connectivity index (χ1v) is 8.89. The number of carbonyl (C=O) groups is 2. The van der Waals surface area contributed by atoms with E-state index in [1.165, 1.54) is 11.8 Å². The monoisotopic (exact) mass is 370 g/mol. The molecule has 0 aliphatic heterocycles. The van der Waals surface area contributed by atoms with Gasteiger partial charge >= 0.3 is 0 Å². The topological polar surface area (TPSA) is 94.6 Å². The first kappa shape index (κ1) is 18.0. The molecule has 6 nitrogen and oxygen atoms in total. The van der Waals surface area contributed by atoms with Crippen molar-refractivity contribution in [2.24, 2.45) is 5.73 Å². The molecule has 1 heterocycles. The van der Waals surface area contributed by atoms with Crippen molar-refractivity contribution >= 4 is 40.2 Å². The molecule has 0 unspecified atom stereocenters. The van der Waals surface area contributed by atoms with Crippen LogP contribution >= 0.6 is 11.8 Å². The summed E-state index contributed by atoms with van der Waals surface area (Å²) in [6.45, 7) is 0.262. The lowest BCUT2D eigenvalue weighted by atomic mass is 10.1. The first-order valence-electron chi connectivity index (χ1n) is 7.91. The standard InChI is InChI=1S/C19H18N2O4S/c1-24-10-13-12-6-2-4-8-15(12)25-18(13)19(23)21-14-7-3-5-9-16(14)26-11-17(20)22/h2-9H,10-11H2,1H3,(H2,20,22)(H,21,23). The van der Waals surface area contributed by atoms with Gasteiger partial charge in [0.2, 0.25) is 5.91 Å². The number of fused-ring (bicyclic) bond motifs is 1. The highest BCUT2D eigenvalue weighted by Gasteiger charge is 2.21. The van der Waals surface area contributed by atoms with Gasteiger partial charge in [0.05, 0.1) is 18.0 Å². The summed E-state index contributed by atoms with van der Waals surface area (Å²) in [5.41, 5.74) is 7.12. The van der Waals surface area contributed by atoms with Crippen molar-refractivity contribution in [1.29, 1.82) is 0 Å². The van der Waals surface area contributed by atoms with Crippen LogP contribution in [0, 0.1) is 0 Å². The Labute approximate surface area is 154 Å². The van der Waals surface area contributed by atoms with Crippen molar-refractivity contribution in [2.45, 2.75) is 11.5 Å². The van der Waals surface area contributed by atoms with E-state index < -0.39 is 5.91 Å². The van der Waals surface area contributed by atoms with E-state index >= 15 is 0 Å². The van der Waals surface area contributed by atoms with Crippen molar-refractivity contribution in [1.82, 2.24) is 0 Å². The predicted molar refractivity (Wildman–Crippen MR) is 101 cm³/mol. The Morgan fingerprint density at radius 1 is 1.15 bits per heavy atom. The highest BCUT2D eigenvalue weighted by Crippen LogP contribution is 2.30. The van der Waals surface area contributed by atoms with Crippen LogP contribution < -0.4 is 11.1 Å². The summed E-state index contributed by atoms with van der Waals surface area (Å²) in [5, 5.41) is 3.69. The molecule has 0 fully saturated rings. The number of amides is 2. The quantitative estimate of drug-likeness (QED) is 0.622. The van der Waals surface area contributed by atoms with Crippen molar-refractivity contribution in [2.75, 3.05) is 18.2 Å². The minimum Gasteiger partial charge on any atom is -0.451 e. The third kappa shape index (κ3) is 3.89. The number of primary amides is 1. The molecule has 2 amide bonds. The number of benzene rings is 2. The fourth-order valence-electron chi connectivity index (χ4n) is 2.59. The number of rotatable bonds is 7. The summed E-state index contributed by atoms with van der Waals surface area (Å²) < 4.78 is 11.0. The number of nitrogens with two attached hydrogens (primary N) is 1. The summed E-state index contributed by atoms with van der Waals surface area (Å²) in [7, 11) is 1.57. The van der Waals surface area contributed by atoms with E-state index in [1.807, 2.05) is 36.4 Å². The molecule has 0 saturated heterocycles. The molecule has 0 bridgehead atoms. The van der Waals surface area contributed by atoms with Crippen LogP contribution in [0.25, 0.3) is 11.0 Å². The molecule has 0 spiro atoms. The van der Waals surface area contributed by atoms with E-state index in [1.54, 1.807) is 19.2 Å². The van der Waals surface area contributed by atoms with Gasteiger partial charge in [0, 0.05) is 23.0 Å². The number of furan rings is 1. The van der Waals surface area contributed by atoms with Gasteiger partial charge in [0.15, 0.2) is 5.76 Å². The van der Waals surface area contributed by atoms with Gasteiger partial charge in [-0.2, -0.15) is 0 Å². The van der Waals surface area contributed by atoms with E-state index in [9.17, 15) is 9.59 Å². The number of hydrogen-bond donors (Lipinski definition) is 2. The van der Waals surface area contributed by atoms with E-state index in [4.69, 9.17) is 14.9 Å². The lowest BCUT2D eigenvalue weighted by Crippen LogP contribution is -2.15. The highest BCUT2D eigenvalue weighted by molar-refractivity contribution is 8.00. The second kappa shape index (κ2) is 8.07. The average Bonchev–Trinajstić information content (AvgIpc) is 3.00. The van der Waals surface area contributed by atoms with Gasteiger partial charge in [-0.05, 0) is 18.2 Å². The van der Waals surface area contributed by atoms with Gasteiger partial charge in [0.25, 0.3) is 5.91 Å². The van der Waals surface area contributed by atoms with Gasteiger partial charge < -0.3 is 20.2 Å². The highest BCUT2D eigenvalue weighted by atomic mass is 32.2. The molecule has 0 radical (unpaired) electrons. The smallest absolute Gasteiger partial charge is 0.291 e. The van der Waals surface area contributed by atoms with Gasteiger partial charge in [0.1, 0.15) is 5.58 Å². The summed E-state index contributed by atoms with van der Waals surface area (Å²) in [6, 6.07) is 14.6. The molecule has 134 valence electrons. The van der Waals surface area contributed by atoms with E-state index in [0.29, 0.717) is 16.8 Å². The van der Waals surface area contributed by atoms with Gasteiger partial charge in [-0.15, -0.1) is 11.8 Å². The third-order valence-corrected chi connectivity index (χ3v) is 4.79. The normalized spacial score (nSPS) is 10.8. The maximum atomic E-state index is 12.8. The molecule has 2 aromatic carbocycles. The Balaban J connectivity index is 1.90. The third-order valence-electron chi connectivity index (χ3n) is 3.70. The number of thioether (sulfide) groups is 1. The summed E-state index contributed by atoms with van der Waals surface area (Å²) in [5.74, 6) is -0.453. The van der Waals surface area contributed by atoms with Crippen molar-refractivity contribution in [3.05, 3.63) is 59.9 Å². The lowest BCUT2D eigenvalue weighted by molar-refractivity contribution is -0.115. The second-order valence-electron chi connectivity index (χ2n) is 5.54. The number of ether oxygens (including phenoxy) is 1. The largest absolute Gasteiger partial charge is 0.451 e. The van der Waals surface area contributed by atoms with Crippen molar-refractivity contribution in [3.63, 3.8) is 0 Å². The molecule has 0 atom stereocenters. The molecule has 3 N–H and O–H groups in total. The zero-order valence-electron chi connectivity index (χ0n) is 14.2. The number of carbonyl (C=O) groups excluding carboxylic acids is 2. The molecule has 1 aromatic heterocycles. The second-order valence-corrected chi connectivity index (χ2v) is 6.56. The van der Waals surface area contributed by atoms with Crippen LogP contribution in [0.15, 0.2) is 57.8 Å². The Bertz CT molecular complexity index is 952. The van der Waals surface area contributed by atoms with E-state index in [-0.39, 0.29) is 24.0 Å². The number of para-hydroxylation sites is 2. The van der Waals surface area contributed by atoms with Crippen LogP contribution in [0.2, 0.25) is 0 Å². The van der Waals surface area contributed by atoms with E-state index in [0.717, 1.165) is 10.3 Å². The van der Waals surface area contributed by atoms with Crippen LogP contribution in [-0.2, 0) is 16.1 Å². The molecule has 0 saturated carbocycles. The number of methoxy groups -OCH3 is 1. The van der Waals surface area contributed by atoms with Gasteiger partial charge in [-0.25, -0.2) is 0 Å². The van der Waals surface area contributed by atoms with Crippen LogP contribution in [0.3, 0.4) is 0 Å². The Kier molecular flexibility index (Phi) is 5.60. The van der Waals surface area contributed by atoms with Crippen LogP contribution in [0.4, 0.5) is 5.69 Å². The SMILES string of the molecule is COCc1c(C(=O)Nc2ccccc2SCC(N)=O)oc2ccccc12. The summed E-state index contributed by atoms with van der Waals surface area (Å²) >= 11 is 1.27. The predicted octanol–water partition coefficient (Wildman–Crippen LogP) is 3.41. The molecule has 7 heteroatoms. The molecule has 3 rings (SSSR count). The van der Waals surface area contributed by atoms with Crippen LogP contribution in [0.1, 0.15) is 16.1 Å². The van der Waals surface area contributed by atoms with Crippen LogP contribution in [0.5, 0.6) is 0 Å². The maximum absolute atomic E-state index is 12.8. The van der Waals surface area contributed by atoms with Gasteiger partial charge in [-0.1, -0.05) is 30.3 Å². The summed E-state index contributed by atoms with van der Waals surface area (Å²) in [6.07, 6.45) is 0. The van der Waals surface area contributed by atoms with E-state index in [2.05, 4.69) is 5.32 Å². The molecule has 3 aromatic rings. The Morgan fingerprint density at radius 2 is 1.88 bits per heavy atom. The minimum atomic E-state index is -0.421. The first-order chi connectivity index (χ1) is 12.6. The zero-order valence-corrected chi connectivity index (χ0v) is 15.0. The van der Waals surface area contributed by atoms with Gasteiger partial charge in [-0.3, -0.25) is 9.59 Å². The number of anilines is 1. The van der Waals surface area contributed by atoms with Crippen LogP contribution in [-0.4, -0.2) is 24.7 Å². The van der Waals surface area contributed by atoms with Crippen molar-refractivity contribution < 1.29 is 18.7 Å². The molecule has 0 aliphatic carbocycles. The maximum Gasteiger partial charge on any atom is 0.291 e. The Morgan fingerprint density at radius 3 is 2.65 bits per heavy atom. The lowest BCUT2D eigenvalue weighted by Gasteiger charge is -2.10. The zero-order chi connectivity index (χ0) is 18.5. The minimum absolute atomic E-state index is 0.131. The molecule has 26 heavy (non-hydrogen) atoms. The molecular formula is C19H18N2O4S. The molecular weight excluding hydrogens is 352 g/mol. The molecule has 0 aliphatic rings. The fraction of sp³-hybridized carbons (Fsp3) is 0.158. The average molecular weight is 370 g/mol. The Hall–Kier alpha value is -2.77. The number of hydrogen-bond acceptors (Lipinski definition) is 5. The summed E-state index contributed by atoms with van der Waals surface area (Å²) in [4.78, 5) is 24.6. The fourth-order valence-corrected chi connectivity index (χ4v) is 3.34.